The molecule has 0 N–H and O–H groups in total. The molecule has 1 saturated heterocycles. The Labute approximate surface area is 150 Å². The van der Waals surface area contributed by atoms with Crippen LogP contribution in [0.5, 0.6) is 5.75 Å². The highest BCUT2D eigenvalue weighted by atomic mass is 32.2. The molecule has 1 aliphatic rings. The summed E-state index contributed by atoms with van der Waals surface area (Å²) in [5, 5.41) is 0.938. The molecular weight excluding hydrogens is 339 g/mol. The minimum atomic E-state index is -0.392. The summed E-state index contributed by atoms with van der Waals surface area (Å²) < 4.78 is 18.6. The maximum Gasteiger partial charge on any atom is 0.266 e. The van der Waals surface area contributed by atoms with Crippen molar-refractivity contribution in [3.05, 3.63) is 59.9 Å². The third kappa shape index (κ3) is 4.60. The fourth-order valence-corrected chi connectivity index (χ4v) is 3.54. The molecule has 1 atom stereocenters. The second-order valence-electron chi connectivity index (χ2n) is 5.91. The smallest absolute Gasteiger partial charge is 0.266 e. The van der Waals surface area contributed by atoms with Crippen LogP contribution in [-0.2, 0) is 4.79 Å². The van der Waals surface area contributed by atoms with Gasteiger partial charge in [-0.2, -0.15) is 0 Å². The van der Waals surface area contributed by atoms with E-state index >= 15 is 0 Å². The van der Waals surface area contributed by atoms with Gasteiger partial charge in [-0.25, -0.2) is 9.38 Å². The van der Waals surface area contributed by atoms with E-state index in [1.165, 1.54) is 12.1 Å². The fourth-order valence-electron chi connectivity index (χ4n) is 2.50. The standard InChI is InChI=1S/C19H19FN2O2S/c1-13-5-3-7-16(9-13)21-19-22(11-14(2)25-19)18(23)12-24-17-8-4-6-15(20)10-17/h3-10,14H,11-12H2,1-2H3/t14-/m0/s1. The van der Waals surface area contributed by atoms with Gasteiger partial charge >= 0.3 is 0 Å². The number of benzene rings is 2. The number of amidine groups is 1. The number of aliphatic imine (C=N–C) groups is 1. The number of carbonyl (C=O) groups is 1. The zero-order valence-corrected chi connectivity index (χ0v) is 14.9. The van der Waals surface area contributed by atoms with Gasteiger partial charge in [-0.1, -0.05) is 36.9 Å². The number of carbonyl (C=O) groups excluding carboxylic acids is 1. The Kier molecular flexibility index (Phi) is 5.38. The van der Waals surface area contributed by atoms with Gasteiger partial charge in [0.1, 0.15) is 11.6 Å². The quantitative estimate of drug-likeness (QED) is 0.824. The number of rotatable bonds is 4. The van der Waals surface area contributed by atoms with Crippen molar-refractivity contribution < 1.29 is 13.9 Å². The van der Waals surface area contributed by atoms with E-state index in [2.05, 4.69) is 11.9 Å². The van der Waals surface area contributed by atoms with Crippen molar-refractivity contribution in [2.45, 2.75) is 19.1 Å². The van der Waals surface area contributed by atoms with Crippen molar-refractivity contribution in [2.24, 2.45) is 4.99 Å². The van der Waals surface area contributed by atoms with Crippen LogP contribution >= 0.6 is 11.8 Å². The van der Waals surface area contributed by atoms with Crippen LogP contribution in [0.25, 0.3) is 0 Å². The van der Waals surface area contributed by atoms with Crippen LogP contribution in [0, 0.1) is 12.7 Å². The molecular formula is C19H19FN2O2S. The Balaban J connectivity index is 1.71. The molecule has 1 aliphatic heterocycles. The van der Waals surface area contributed by atoms with Crippen LogP contribution in [0.15, 0.2) is 53.5 Å². The summed E-state index contributed by atoms with van der Waals surface area (Å²) in [7, 11) is 0. The molecule has 1 amide bonds. The van der Waals surface area contributed by atoms with Gasteiger partial charge in [0, 0.05) is 17.9 Å². The molecule has 0 spiro atoms. The lowest BCUT2D eigenvalue weighted by molar-refractivity contribution is -0.129. The van der Waals surface area contributed by atoms with E-state index in [1.54, 1.807) is 28.8 Å². The van der Waals surface area contributed by atoms with Crippen molar-refractivity contribution in [2.75, 3.05) is 13.2 Å². The SMILES string of the molecule is Cc1cccc(N=C2S[C@@H](C)CN2C(=O)COc2cccc(F)c2)c1. The molecule has 4 nitrogen and oxygen atoms in total. The van der Waals surface area contributed by atoms with Gasteiger partial charge < -0.3 is 4.74 Å². The Morgan fingerprint density at radius 2 is 2.12 bits per heavy atom. The fraction of sp³-hybridized carbons (Fsp3) is 0.263. The molecule has 0 aromatic heterocycles. The summed E-state index contributed by atoms with van der Waals surface area (Å²) in [6.07, 6.45) is 0. The van der Waals surface area contributed by atoms with Crippen molar-refractivity contribution in [3.8, 4) is 5.75 Å². The number of thioether (sulfide) groups is 1. The number of ether oxygens (including phenoxy) is 1. The van der Waals surface area contributed by atoms with Crippen molar-refractivity contribution >= 4 is 28.5 Å². The van der Waals surface area contributed by atoms with Crippen LogP contribution in [0.2, 0.25) is 0 Å². The first-order chi connectivity index (χ1) is 12.0. The minimum Gasteiger partial charge on any atom is -0.484 e. The number of aryl methyl sites for hydroxylation is 1. The predicted molar refractivity (Wildman–Crippen MR) is 98.9 cm³/mol. The third-order valence-electron chi connectivity index (χ3n) is 3.66. The number of hydrogen-bond acceptors (Lipinski definition) is 4. The number of halogens is 1. The highest BCUT2D eigenvalue weighted by molar-refractivity contribution is 8.14. The lowest BCUT2D eigenvalue weighted by atomic mass is 10.2. The van der Waals surface area contributed by atoms with E-state index in [0.717, 1.165) is 11.3 Å². The first-order valence-electron chi connectivity index (χ1n) is 8.02. The largest absolute Gasteiger partial charge is 0.484 e. The van der Waals surface area contributed by atoms with Crippen LogP contribution in [0.4, 0.5) is 10.1 Å². The topological polar surface area (TPSA) is 41.9 Å². The molecule has 1 fully saturated rings. The third-order valence-corrected chi connectivity index (χ3v) is 4.74. The molecule has 3 rings (SSSR count). The number of amides is 1. The molecule has 1 heterocycles. The second kappa shape index (κ2) is 7.70. The average molecular weight is 358 g/mol. The summed E-state index contributed by atoms with van der Waals surface area (Å²) in [5.41, 5.74) is 1.94. The molecule has 0 radical (unpaired) electrons. The lowest BCUT2D eigenvalue weighted by Gasteiger charge is -2.16. The normalized spacial score (nSPS) is 18.6. The van der Waals surface area contributed by atoms with E-state index in [-0.39, 0.29) is 17.8 Å². The highest BCUT2D eigenvalue weighted by Gasteiger charge is 2.31. The van der Waals surface area contributed by atoms with Crippen LogP contribution in [0.1, 0.15) is 12.5 Å². The Bertz CT molecular complexity index is 810. The predicted octanol–water partition coefficient (Wildman–Crippen LogP) is 4.16. The van der Waals surface area contributed by atoms with E-state index in [1.807, 2.05) is 31.2 Å². The monoisotopic (exact) mass is 358 g/mol. The minimum absolute atomic E-state index is 0.149. The Morgan fingerprint density at radius 3 is 2.88 bits per heavy atom. The van der Waals surface area contributed by atoms with E-state index in [0.29, 0.717) is 17.5 Å². The molecule has 130 valence electrons. The molecule has 25 heavy (non-hydrogen) atoms. The van der Waals surface area contributed by atoms with Crippen molar-refractivity contribution in [1.29, 1.82) is 0 Å². The summed E-state index contributed by atoms with van der Waals surface area (Å²) in [4.78, 5) is 18.8. The van der Waals surface area contributed by atoms with Gasteiger partial charge in [-0.15, -0.1) is 0 Å². The van der Waals surface area contributed by atoms with E-state index in [4.69, 9.17) is 4.74 Å². The molecule has 0 aliphatic carbocycles. The molecule has 2 aromatic rings. The zero-order valence-electron chi connectivity index (χ0n) is 14.1. The maximum atomic E-state index is 13.2. The van der Waals surface area contributed by atoms with Gasteiger partial charge in [0.15, 0.2) is 11.8 Å². The van der Waals surface area contributed by atoms with Crippen LogP contribution in [0.3, 0.4) is 0 Å². The average Bonchev–Trinajstić information content (AvgIpc) is 2.93. The maximum absolute atomic E-state index is 13.2. The van der Waals surface area contributed by atoms with E-state index < -0.39 is 5.82 Å². The zero-order chi connectivity index (χ0) is 17.8. The molecule has 2 aromatic carbocycles. The first kappa shape index (κ1) is 17.5. The Morgan fingerprint density at radius 1 is 1.32 bits per heavy atom. The molecule has 0 bridgehead atoms. The van der Waals surface area contributed by atoms with Crippen molar-refractivity contribution in [3.63, 3.8) is 0 Å². The van der Waals surface area contributed by atoms with Gasteiger partial charge in [0.25, 0.3) is 5.91 Å². The summed E-state index contributed by atoms with van der Waals surface area (Å²) in [5.74, 6) is -0.241. The van der Waals surface area contributed by atoms with Gasteiger partial charge in [0.05, 0.1) is 5.69 Å². The summed E-state index contributed by atoms with van der Waals surface area (Å²) in [6, 6.07) is 13.6. The second-order valence-corrected chi connectivity index (χ2v) is 7.32. The Hall–Kier alpha value is -2.34. The number of hydrogen-bond donors (Lipinski definition) is 0. The van der Waals surface area contributed by atoms with Crippen LogP contribution < -0.4 is 4.74 Å². The van der Waals surface area contributed by atoms with Gasteiger partial charge in [0.2, 0.25) is 0 Å². The van der Waals surface area contributed by atoms with Crippen LogP contribution in [-0.4, -0.2) is 34.4 Å². The summed E-state index contributed by atoms with van der Waals surface area (Å²) in [6.45, 7) is 4.49. The first-order valence-corrected chi connectivity index (χ1v) is 8.90. The molecule has 6 heteroatoms. The number of nitrogens with zero attached hydrogens (tertiary/aromatic N) is 2. The summed E-state index contributed by atoms with van der Waals surface area (Å²) >= 11 is 1.57. The molecule has 0 saturated carbocycles. The lowest BCUT2D eigenvalue weighted by Crippen LogP contribution is -2.36. The van der Waals surface area contributed by atoms with Gasteiger partial charge in [-0.3, -0.25) is 9.69 Å². The van der Waals surface area contributed by atoms with E-state index in [9.17, 15) is 9.18 Å². The van der Waals surface area contributed by atoms with Gasteiger partial charge in [-0.05, 0) is 36.8 Å². The highest BCUT2D eigenvalue weighted by Crippen LogP contribution is 2.28. The molecule has 0 unspecified atom stereocenters. The van der Waals surface area contributed by atoms with Crippen molar-refractivity contribution in [1.82, 2.24) is 4.90 Å².